The van der Waals surface area contributed by atoms with E-state index >= 15 is 0 Å². The van der Waals surface area contributed by atoms with Crippen LogP contribution in [0.5, 0.6) is 0 Å². The van der Waals surface area contributed by atoms with Crippen LogP contribution in [0.3, 0.4) is 0 Å². The Kier molecular flexibility index (Phi) is 4.15. The summed E-state index contributed by atoms with van der Waals surface area (Å²) in [7, 11) is 0. The van der Waals surface area contributed by atoms with Crippen molar-refractivity contribution in [2.45, 2.75) is 38.7 Å². The molecular formula is C17H24N2O2. The van der Waals surface area contributed by atoms with Crippen LogP contribution in [0.4, 0.5) is 10.5 Å². The maximum Gasteiger partial charge on any atom is 0.319 e. The van der Waals surface area contributed by atoms with E-state index in [2.05, 4.69) is 10.6 Å². The molecule has 1 aromatic carbocycles. The van der Waals surface area contributed by atoms with Crippen LogP contribution in [-0.2, 0) is 0 Å². The molecule has 0 spiro atoms. The minimum Gasteiger partial charge on any atom is -0.389 e. The average Bonchev–Trinajstić information content (AvgIpc) is 3.33. The molecule has 3 rings (SSSR count). The second kappa shape index (κ2) is 6.06. The number of aliphatic hydroxyl groups excluding tert-OH is 1. The summed E-state index contributed by atoms with van der Waals surface area (Å²) in [6.45, 7) is 2.51. The summed E-state index contributed by atoms with van der Waals surface area (Å²) in [4.78, 5) is 12.0. The van der Waals surface area contributed by atoms with Crippen LogP contribution in [0.2, 0.25) is 0 Å². The second-order valence-corrected chi connectivity index (χ2v) is 6.48. The van der Waals surface area contributed by atoms with Crippen LogP contribution in [0.1, 0.15) is 44.3 Å². The third kappa shape index (κ3) is 3.97. The number of carbonyl (C=O) groups is 1. The van der Waals surface area contributed by atoms with Gasteiger partial charge in [-0.05, 0) is 68.1 Å². The molecule has 21 heavy (non-hydrogen) atoms. The number of hydrogen-bond acceptors (Lipinski definition) is 2. The molecule has 2 amide bonds. The minimum atomic E-state index is -0.524. The summed E-state index contributed by atoms with van der Waals surface area (Å²) >= 11 is 0. The molecule has 3 N–H and O–H groups in total. The van der Waals surface area contributed by atoms with Gasteiger partial charge >= 0.3 is 6.03 Å². The smallest absolute Gasteiger partial charge is 0.319 e. The van der Waals surface area contributed by atoms with Crippen LogP contribution in [0.15, 0.2) is 24.3 Å². The van der Waals surface area contributed by atoms with Gasteiger partial charge in [-0.3, -0.25) is 0 Å². The number of nitrogens with one attached hydrogen (secondary N) is 2. The van der Waals surface area contributed by atoms with Crippen molar-refractivity contribution in [1.82, 2.24) is 5.32 Å². The van der Waals surface area contributed by atoms with Crippen molar-refractivity contribution >= 4 is 11.7 Å². The van der Waals surface area contributed by atoms with Crippen molar-refractivity contribution in [3.8, 4) is 0 Å². The van der Waals surface area contributed by atoms with Crippen molar-refractivity contribution in [1.29, 1.82) is 0 Å². The van der Waals surface area contributed by atoms with Crippen LogP contribution < -0.4 is 10.6 Å². The first-order valence-electron chi connectivity index (χ1n) is 7.96. The van der Waals surface area contributed by atoms with Gasteiger partial charge < -0.3 is 15.7 Å². The summed E-state index contributed by atoms with van der Waals surface area (Å²) in [5.41, 5.74) is 1.53. The molecule has 2 saturated carbocycles. The zero-order valence-electron chi connectivity index (χ0n) is 12.5. The lowest BCUT2D eigenvalue weighted by Gasteiger charge is -2.16. The van der Waals surface area contributed by atoms with E-state index in [4.69, 9.17) is 0 Å². The summed E-state index contributed by atoms with van der Waals surface area (Å²) in [5, 5.41) is 15.4. The van der Waals surface area contributed by atoms with Crippen molar-refractivity contribution in [2.24, 2.45) is 17.8 Å². The van der Waals surface area contributed by atoms with Crippen molar-refractivity contribution in [2.75, 3.05) is 11.9 Å². The first kappa shape index (κ1) is 14.4. The number of rotatable bonds is 6. The van der Waals surface area contributed by atoms with E-state index in [1.54, 1.807) is 6.92 Å². The summed E-state index contributed by atoms with van der Waals surface area (Å²) in [6.07, 6.45) is 4.81. The SMILES string of the molecule is CC(O)c1cccc(NC(=O)NCC(C2CC2)C2CC2)c1. The molecule has 0 bridgehead atoms. The first-order valence-corrected chi connectivity index (χ1v) is 7.96. The van der Waals surface area contributed by atoms with Crippen LogP contribution in [-0.4, -0.2) is 17.7 Å². The summed E-state index contributed by atoms with van der Waals surface area (Å²) < 4.78 is 0. The molecular weight excluding hydrogens is 264 g/mol. The highest BCUT2D eigenvalue weighted by Gasteiger charge is 2.41. The fourth-order valence-corrected chi connectivity index (χ4v) is 3.03. The number of urea groups is 1. The zero-order chi connectivity index (χ0) is 14.8. The largest absolute Gasteiger partial charge is 0.389 e. The molecule has 0 heterocycles. The van der Waals surface area contributed by atoms with Crippen LogP contribution in [0, 0.1) is 17.8 Å². The van der Waals surface area contributed by atoms with Gasteiger partial charge in [0.2, 0.25) is 0 Å². The molecule has 4 heteroatoms. The normalized spacial score (nSPS) is 19.4. The Morgan fingerprint density at radius 3 is 2.52 bits per heavy atom. The van der Waals surface area contributed by atoms with E-state index < -0.39 is 6.10 Å². The third-order valence-electron chi connectivity index (χ3n) is 4.58. The van der Waals surface area contributed by atoms with Gasteiger partial charge in [0.05, 0.1) is 6.10 Å². The highest BCUT2D eigenvalue weighted by molar-refractivity contribution is 5.89. The molecule has 4 nitrogen and oxygen atoms in total. The second-order valence-electron chi connectivity index (χ2n) is 6.48. The molecule has 2 aliphatic rings. The predicted molar refractivity (Wildman–Crippen MR) is 83.0 cm³/mol. The molecule has 0 radical (unpaired) electrons. The highest BCUT2D eigenvalue weighted by Crippen LogP contribution is 2.48. The van der Waals surface area contributed by atoms with E-state index in [9.17, 15) is 9.90 Å². The lowest BCUT2D eigenvalue weighted by Crippen LogP contribution is -2.34. The van der Waals surface area contributed by atoms with Crippen molar-refractivity contribution < 1.29 is 9.90 Å². The molecule has 0 aromatic heterocycles. The lowest BCUT2D eigenvalue weighted by atomic mass is 9.98. The Labute approximate surface area is 125 Å². The molecule has 0 saturated heterocycles. The van der Waals surface area contributed by atoms with E-state index in [0.29, 0.717) is 5.92 Å². The van der Waals surface area contributed by atoms with Gasteiger partial charge in [-0.15, -0.1) is 0 Å². The van der Waals surface area contributed by atoms with Gasteiger partial charge in [0.25, 0.3) is 0 Å². The maximum absolute atomic E-state index is 12.0. The number of hydrogen-bond donors (Lipinski definition) is 3. The van der Waals surface area contributed by atoms with Gasteiger partial charge in [-0.1, -0.05) is 12.1 Å². The third-order valence-corrected chi connectivity index (χ3v) is 4.58. The maximum atomic E-state index is 12.0. The number of amides is 2. The van der Waals surface area contributed by atoms with Gasteiger partial charge in [-0.25, -0.2) is 4.79 Å². The Hall–Kier alpha value is -1.55. The Morgan fingerprint density at radius 1 is 1.29 bits per heavy atom. The lowest BCUT2D eigenvalue weighted by molar-refractivity contribution is 0.199. The van der Waals surface area contributed by atoms with Gasteiger partial charge in [0.1, 0.15) is 0 Å². The minimum absolute atomic E-state index is 0.149. The quantitative estimate of drug-likeness (QED) is 0.752. The summed E-state index contributed by atoms with van der Waals surface area (Å²) in [6, 6.07) is 7.19. The van der Waals surface area contributed by atoms with E-state index in [1.807, 2.05) is 24.3 Å². The number of anilines is 1. The van der Waals surface area contributed by atoms with Gasteiger partial charge in [0, 0.05) is 12.2 Å². The highest BCUT2D eigenvalue weighted by atomic mass is 16.3. The average molecular weight is 288 g/mol. The fourth-order valence-electron chi connectivity index (χ4n) is 3.03. The predicted octanol–water partition coefficient (Wildman–Crippen LogP) is 3.30. The van der Waals surface area contributed by atoms with E-state index in [1.165, 1.54) is 25.7 Å². The topological polar surface area (TPSA) is 61.4 Å². The molecule has 1 aromatic rings. The Bertz CT molecular complexity index is 495. The fraction of sp³-hybridized carbons (Fsp3) is 0.588. The van der Waals surface area contributed by atoms with Crippen LogP contribution >= 0.6 is 0 Å². The number of benzene rings is 1. The monoisotopic (exact) mass is 288 g/mol. The molecule has 2 fully saturated rings. The Morgan fingerprint density at radius 2 is 1.95 bits per heavy atom. The van der Waals surface area contributed by atoms with Gasteiger partial charge in [-0.2, -0.15) is 0 Å². The van der Waals surface area contributed by atoms with E-state index in [0.717, 1.165) is 29.6 Å². The molecule has 114 valence electrons. The molecule has 1 atom stereocenters. The van der Waals surface area contributed by atoms with Crippen molar-refractivity contribution in [3.63, 3.8) is 0 Å². The zero-order valence-corrected chi connectivity index (χ0v) is 12.5. The molecule has 0 aliphatic heterocycles. The number of aliphatic hydroxyl groups is 1. The van der Waals surface area contributed by atoms with Gasteiger partial charge in [0.15, 0.2) is 0 Å². The molecule has 2 aliphatic carbocycles. The van der Waals surface area contributed by atoms with Crippen LogP contribution in [0.25, 0.3) is 0 Å². The van der Waals surface area contributed by atoms with Crippen molar-refractivity contribution in [3.05, 3.63) is 29.8 Å². The van der Waals surface area contributed by atoms with E-state index in [-0.39, 0.29) is 6.03 Å². The number of carbonyl (C=O) groups excluding carboxylic acids is 1. The summed E-state index contributed by atoms with van der Waals surface area (Å²) in [5.74, 6) is 2.37. The molecule has 1 unspecified atom stereocenters. The Balaban J connectivity index is 1.50. The first-order chi connectivity index (χ1) is 10.1. The standard InChI is InChI=1S/C17H24N2O2/c1-11(20)14-3-2-4-15(9-14)19-17(21)18-10-16(12-5-6-12)13-7-8-13/h2-4,9,11-13,16,20H,5-8,10H2,1H3,(H2,18,19,21).